The van der Waals surface area contributed by atoms with Crippen LogP contribution in [0.15, 0.2) is 42.9 Å². The highest BCUT2D eigenvalue weighted by Gasteiger charge is 2.29. The van der Waals surface area contributed by atoms with E-state index < -0.39 is 4.92 Å². The number of nitro benzene ring substituents is 1. The van der Waals surface area contributed by atoms with Crippen molar-refractivity contribution in [3.05, 3.63) is 58.5 Å². The third-order valence-electron chi connectivity index (χ3n) is 3.84. The molecule has 1 aromatic carbocycles. The predicted octanol–water partition coefficient (Wildman–Crippen LogP) is 2.07. The number of piperidine rings is 1. The van der Waals surface area contributed by atoms with Gasteiger partial charge in [0.2, 0.25) is 5.88 Å². The average molecular weight is 328 g/mol. The summed E-state index contributed by atoms with van der Waals surface area (Å²) < 4.78 is 5.77. The standard InChI is InChI=1S/C16H16N4O4/c21-16(13-5-1-2-6-14(13)20(22)23)19-9-3-4-12(10-19)24-15-7-8-17-11-18-15/h1-2,5-8,11-12H,3-4,9-10H2. The first-order valence-corrected chi connectivity index (χ1v) is 7.60. The number of ether oxygens (including phenoxy) is 1. The fourth-order valence-corrected chi connectivity index (χ4v) is 2.72. The van der Waals surface area contributed by atoms with Crippen molar-refractivity contribution in [2.45, 2.75) is 18.9 Å². The molecule has 8 heteroatoms. The van der Waals surface area contributed by atoms with Crippen LogP contribution < -0.4 is 4.74 Å². The average Bonchev–Trinajstić information content (AvgIpc) is 2.62. The number of carbonyl (C=O) groups excluding carboxylic acids is 1. The van der Waals surface area contributed by atoms with E-state index in [9.17, 15) is 14.9 Å². The zero-order chi connectivity index (χ0) is 16.9. The maximum atomic E-state index is 12.7. The Kier molecular flexibility index (Phi) is 4.64. The number of likely N-dealkylation sites (tertiary alicyclic amines) is 1. The third-order valence-corrected chi connectivity index (χ3v) is 3.84. The molecule has 1 unspecified atom stereocenters. The van der Waals surface area contributed by atoms with Gasteiger partial charge in [0.25, 0.3) is 11.6 Å². The molecule has 1 aliphatic rings. The fraction of sp³-hybridized carbons (Fsp3) is 0.312. The highest BCUT2D eigenvalue weighted by molar-refractivity contribution is 5.98. The molecule has 2 aromatic rings. The summed E-state index contributed by atoms with van der Waals surface area (Å²) in [6.45, 7) is 0.920. The van der Waals surface area contributed by atoms with Gasteiger partial charge in [-0.3, -0.25) is 14.9 Å². The smallest absolute Gasteiger partial charge is 0.282 e. The lowest BCUT2D eigenvalue weighted by Crippen LogP contribution is -2.44. The summed E-state index contributed by atoms with van der Waals surface area (Å²) >= 11 is 0. The summed E-state index contributed by atoms with van der Waals surface area (Å²) in [5.41, 5.74) is -0.0773. The van der Waals surface area contributed by atoms with E-state index in [0.717, 1.165) is 12.8 Å². The Morgan fingerprint density at radius 1 is 1.33 bits per heavy atom. The Labute approximate surface area is 138 Å². The maximum absolute atomic E-state index is 12.7. The van der Waals surface area contributed by atoms with Gasteiger partial charge in [-0.1, -0.05) is 12.1 Å². The van der Waals surface area contributed by atoms with Crippen LogP contribution in [0, 0.1) is 10.1 Å². The number of hydrogen-bond donors (Lipinski definition) is 0. The first-order chi connectivity index (χ1) is 11.6. The molecule has 0 bridgehead atoms. The van der Waals surface area contributed by atoms with Crippen molar-refractivity contribution in [1.29, 1.82) is 0 Å². The van der Waals surface area contributed by atoms with E-state index in [1.54, 1.807) is 29.3 Å². The molecule has 0 saturated carbocycles. The first-order valence-electron chi connectivity index (χ1n) is 7.60. The van der Waals surface area contributed by atoms with Crippen LogP contribution in [0.5, 0.6) is 5.88 Å². The lowest BCUT2D eigenvalue weighted by Gasteiger charge is -2.32. The predicted molar refractivity (Wildman–Crippen MR) is 84.7 cm³/mol. The van der Waals surface area contributed by atoms with Crippen LogP contribution in [-0.4, -0.2) is 44.9 Å². The Morgan fingerprint density at radius 2 is 2.17 bits per heavy atom. The minimum Gasteiger partial charge on any atom is -0.472 e. The molecule has 8 nitrogen and oxygen atoms in total. The van der Waals surface area contributed by atoms with E-state index in [1.165, 1.54) is 18.5 Å². The third kappa shape index (κ3) is 3.48. The largest absolute Gasteiger partial charge is 0.472 e. The molecule has 1 saturated heterocycles. The second kappa shape index (κ2) is 7.03. The maximum Gasteiger partial charge on any atom is 0.282 e. The number of rotatable bonds is 4. The number of carbonyl (C=O) groups is 1. The number of nitro groups is 1. The van der Waals surface area contributed by atoms with Crippen molar-refractivity contribution >= 4 is 11.6 Å². The van der Waals surface area contributed by atoms with E-state index in [2.05, 4.69) is 9.97 Å². The minimum atomic E-state index is -0.536. The highest BCUT2D eigenvalue weighted by atomic mass is 16.6. The summed E-state index contributed by atoms with van der Waals surface area (Å²) in [6, 6.07) is 7.65. The summed E-state index contributed by atoms with van der Waals surface area (Å²) in [5.74, 6) is 0.105. The van der Waals surface area contributed by atoms with Crippen LogP contribution in [0.4, 0.5) is 5.69 Å². The molecule has 2 heterocycles. The number of benzene rings is 1. The fourth-order valence-electron chi connectivity index (χ4n) is 2.72. The zero-order valence-electron chi connectivity index (χ0n) is 12.9. The molecule has 3 rings (SSSR count). The van der Waals surface area contributed by atoms with E-state index in [1.807, 2.05) is 0 Å². The van der Waals surface area contributed by atoms with Crippen molar-refractivity contribution < 1.29 is 14.5 Å². The molecule has 24 heavy (non-hydrogen) atoms. The zero-order valence-corrected chi connectivity index (χ0v) is 12.9. The summed E-state index contributed by atoms with van der Waals surface area (Å²) in [7, 11) is 0. The SMILES string of the molecule is O=C(c1ccccc1[N+](=O)[O-])N1CCCC(Oc2ccncn2)C1. The number of nitrogens with zero attached hydrogens (tertiary/aromatic N) is 4. The lowest BCUT2D eigenvalue weighted by atomic mass is 10.1. The number of amides is 1. The summed E-state index contributed by atoms with van der Waals surface area (Å²) in [4.78, 5) is 32.7. The Hall–Kier alpha value is -3.03. The molecule has 0 N–H and O–H groups in total. The molecule has 1 atom stereocenters. The van der Waals surface area contributed by atoms with Crippen LogP contribution in [0.2, 0.25) is 0 Å². The molecular formula is C16H16N4O4. The Bertz CT molecular complexity index is 738. The van der Waals surface area contributed by atoms with Crippen molar-refractivity contribution in [3.63, 3.8) is 0 Å². The molecule has 1 aromatic heterocycles. The monoisotopic (exact) mass is 328 g/mol. The molecule has 1 amide bonds. The number of hydrogen-bond acceptors (Lipinski definition) is 6. The van der Waals surface area contributed by atoms with Crippen LogP contribution in [0.25, 0.3) is 0 Å². The second-order valence-corrected chi connectivity index (χ2v) is 5.46. The van der Waals surface area contributed by atoms with E-state index >= 15 is 0 Å². The summed E-state index contributed by atoms with van der Waals surface area (Å²) in [6.07, 6.45) is 4.35. The van der Waals surface area contributed by atoms with Crippen LogP contribution >= 0.6 is 0 Å². The van der Waals surface area contributed by atoms with E-state index in [4.69, 9.17) is 4.74 Å². The van der Waals surface area contributed by atoms with E-state index in [-0.39, 0.29) is 23.3 Å². The summed E-state index contributed by atoms with van der Waals surface area (Å²) in [5, 5.41) is 11.1. The van der Waals surface area contributed by atoms with Crippen molar-refractivity contribution in [1.82, 2.24) is 14.9 Å². The van der Waals surface area contributed by atoms with E-state index in [0.29, 0.717) is 19.0 Å². The number of para-hydroxylation sites is 1. The molecular weight excluding hydrogens is 312 g/mol. The van der Waals surface area contributed by atoms with Gasteiger partial charge in [0.15, 0.2) is 0 Å². The molecule has 124 valence electrons. The van der Waals surface area contributed by atoms with Gasteiger partial charge in [0.05, 0.1) is 11.5 Å². The minimum absolute atomic E-state index is 0.102. The molecule has 1 fully saturated rings. The highest BCUT2D eigenvalue weighted by Crippen LogP contribution is 2.23. The molecule has 1 aliphatic heterocycles. The van der Waals surface area contributed by atoms with Gasteiger partial charge < -0.3 is 9.64 Å². The molecule has 0 spiro atoms. The van der Waals surface area contributed by atoms with Crippen LogP contribution in [-0.2, 0) is 0 Å². The van der Waals surface area contributed by atoms with Gasteiger partial charge in [-0.15, -0.1) is 0 Å². The van der Waals surface area contributed by atoms with Gasteiger partial charge in [0.1, 0.15) is 18.0 Å². The number of aromatic nitrogens is 2. The second-order valence-electron chi connectivity index (χ2n) is 5.46. The van der Waals surface area contributed by atoms with Crippen LogP contribution in [0.1, 0.15) is 23.2 Å². The normalized spacial score (nSPS) is 17.3. The molecule has 0 aliphatic carbocycles. The van der Waals surface area contributed by atoms with Crippen LogP contribution in [0.3, 0.4) is 0 Å². The quantitative estimate of drug-likeness (QED) is 0.629. The first kappa shape index (κ1) is 15.9. The van der Waals surface area contributed by atoms with Crippen molar-refractivity contribution in [2.24, 2.45) is 0 Å². The van der Waals surface area contributed by atoms with Gasteiger partial charge in [-0.2, -0.15) is 0 Å². The van der Waals surface area contributed by atoms with Gasteiger partial charge in [0, 0.05) is 24.9 Å². The lowest BCUT2D eigenvalue weighted by molar-refractivity contribution is -0.385. The Morgan fingerprint density at radius 3 is 2.92 bits per heavy atom. The topological polar surface area (TPSA) is 98.5 Å². The van der Waals surface area contributed by atoms with Crippen molar-refractivity contribution in [2.75, 3.05) is 13.1 Å². The Balaban J connectivity index is 1.73. The molecule has 0 radical (unpaired) electrons. The van der Waals surface area contributed by atoms with Crippen molar-refractivity contribution in [3.8, 4) is 5.88 Å². The van der Waals surface area contributed by atoms with Gasteiger partial charge >= 0.3 is 0 Å². The van der Waals surface area contributed by atoms with Gasteiger partial charge in [-0.25, -0.2) is 9.97 Å². The van der Waals surface area contributed by atoms with Gasteiger partial charge in [-0.05, 0) is 18.9 Å².